The van der Waals surface area contributed by atoms with Crippen LogP contribution in [0.1, 0.15) is 25.5 Å². The van der Waals surface area contributed by atoms with Gasteiger partial charge in [-0.05, 0) is 32.4 Å². The molecule has 12 heavy (non-hydrogen) atoms. The summed E-state index contributed by atoms with van der Waals surface area (Å²) in [4.78, 5) is 0. The van der Waals surface area contributed by atoms with Crippen molar-refractivity contribution < 1.29 is 0 Å². The van der Waals surface area contributed by atoms with Crippen LogP contribution in [0, 0.1) is 0 Å². The van der Waals surface area contributed by atoms with Gasteiger partial charge in [0, 0.05) is 12.2 Å². The monoisotopic (exact) mass is 189 g/mol. The second-order valence-electron chi connectivity index (χ2n) is 2.96. The Morgan fingerprint density at radius 2 is 2.25 bits per heavy atom. The zero-order chi connectivity index (χ0) is 8.27. The van der Waals surface area contributed by atoms with Crippen molar-refractivity contribution in [3.05, 3.63) is 18.0 Å². The highest BCUT2D eigenvalue weighted by atomic mass is 35.5. The molecule has 70 valence electrons. The van der Waals surface area contributed by atoms with Gasteiger partial charge in [0.2, 0.25) is 0 Å². The Bertz CT molecular complexity index is 220. The third kappa shape index (κ3) is 2.83. The summed E-state index contributed by atoms with van der Waals surface area (Å²) < 4.78 is 1.95. The van der Waals surface area contributed by atoms with Crippen LogP contribution in [0.25, 0.3) is 0 Å². The molecule has 0 saturated carbocycles. The fraction of sp³-hybridized carbons (Fsp3) is 0.625. The van der Waals surface area contributed by atoms with E-state index in [0.29, 0.717) is 12.6 Å². The first-order chi connectivity index (χ1) is 5.24. The van der Waals surface area contributed by atoms with E-state index >= 15 is 0 Å². The predicted octanol–water partition coefficient (Wildman–Crippen LogP) is 1.39. The minimum Gasteiger partial charge on any atom is -0.330 e. The lowest BCUT2D eigenvalue weighted by Gasteiger charge is -2.02. The van der Waals surface area contributed by atoms with E-state index in [4.69, 9.17) is 5.73 Å². The maximum Gasteiger partial charge on any atom is 0.0522 e. The van der Waals surface area contributed by atoms with E-state index in [1.54, 1.807) is 0 Å². The Balaban J connectivity index is 0.00000121. The van der Waals surface area contributed by atoms with Crippen LogP contribution in [0.5, 0.6) is 0 Å². The molecule has 0 saturated heterocycles. The number of hydrogen-bond donors (Lipinski definition) is 1. The van der Waals surface area contributed by atoms with Gasteiger partial charge < -0.3 is 5.73 Å². The van der Waals surface area contributed by atoms with Crippen molar-refractivity contribution >= 4 is 12.4 Å². The topological polar surface area (TPSA) is 43.8 Å². The zero-order valence-electron chi connectivity index (χ0n) is 7.53. The van der Waals surface area contributed by atoms with Gasteiger partial charge in [-0.25, -0.2) is 0 Å². The Labute approximate surface area is 79.4 Å². The molecule has 0 aliphatic rings. The molecule has 0 aliphatic heterocycles. The van der Waals surface area contributed by atoms with Crippen molar-refractivity contribution in [2.45, 2.75) is 26.3 Å². The van der Waals surface area contributed by atoms with E-state index in [2.05, 4.69) is 25.1 Å². The van der Waals surface area contributed by atoms with E-state index in [1.807, 2.05) is 10.9 Å². The summed E-state index contributed by atoms with van der Waals surface area (Å²) in [6.45, 7) is 4.92. The van der Waals surface area contributed by atoms with Gasteiger partial charge in [-0.3, -0.25) is 4.68 Å². The molecule has 0 atom stereocenters. The van der Waals surface area contributed by atoms with E-state index in [-0.39, 0.29) is 12.4 Å². The third-order valence-electron chi connectivity index (χ3n) is 1.62. The smallest absolute Gasteiger partial charge is 0.0522 e. The van der Waals surface area contributed by atoms with Crippen LogP contribution in [0.15, 0.2) is 12.4 Å². The van der Waals surface area contributed by atoms with Crippen molar-refractivity contribution in [1.29, 1.82) is 0 Å². The first kappa shape index (κ1) is 11.5. The Kier molecular flexibility index (Phi) is 4.93. The molecule has 2 N–H and O–H groups in total. The van der Waals surface area contributed by atoms with Crippen molar-refractivity contribution in [3.8, 4) is 0 Å². The molecule has 0 fully saturated rings. The lowest BCUT2D eigenvalue weighted by atomic mass is 10.2. The summed E-state index contributed by atoms with van der Waals surface area (Å²) >= 11 is 0. The molecular formula is C8H16ClN3. The number of halogens is 1. The highest BCUT2D eigenvalue weighted by Gasteiger charge is 1.99. The minimum absolute atomic E-state index is 0. The van der Waals surface area contributed by atoms with Crippen LogP contribution in [-0.4, -0.2) is 16.3 Å². The molecule has 0 bridgehead atoms. The van der Waals surface area contributed by atoms with Gasteiger partial charge >= 0.3 is 0 Å². The Morgan fingerprint density at radius 1 is 1.58 bits per heavy atom. The molecule has 3 nitrogen and oxygen atoms in total. The van der Waals surface area contributed by atoms with Crippen LogP contribution < -0.4 is 5.73 Å². The minimum atomic E-state index is 0. The van der Waals surface area contributed by atoms with E-state index < -0.39 is 0 Å². The van der Waals surface area contributed by atoms with E-state index in [1.165, 1.54) is 5.56 Å². The van der Waals surface area contributed by atoms with Crippen LogP contribution in [0.4, 0.5) is 0 Å². The van der Waals surface area contributed by atoms with Gasteiger partial charge in [0.15, 0.2) is 0 Å². The van der Waals surface area contributed by atoms with Crippen molar-refractivity contribution in [2.75, 3.05) is 6.54 Å². The molecule has 4 heteroatoms. The second kappa shape index (κ2) is 5.17. The number of nitrogens with zero attached hydrogens (tertiary/aromatic N) is 2. The number of nitrogens with two attached hydrogens (primary N) is 1. The summed E-state index contributed by atoms with van der Waals surface area (Å²) in [5, 5.41) is 4.20. The van der Waals surface area contributed by atoms with Crippen molar-refractivity contribution in [1.82, 2.24) is 9.78 Å². The van der Waals surface area contributed by atoms with E-state index in [9.17, 15) is 0 Å². The van der Waals surface area contributed by atoms with Crippen LogP contribution in [0.2, 0.25) is 0 Å². The molecule has 0 amide bonds. The van der Waals surface area contributed by atoms with E-state index in [0.717, 1.165) is 6.42 Å². The SMILES string of the molecule is CC(C)n1cc(CCN)cn1.Cl. The highest BCUT2D eigenvalue weighted by molar-refractivity contribution is 5.85. The first-order valence-corrected chi connectivity index (χ1v) is 3.97. The fourth-order valence-corrected chi connectivity index (χ4v) is 0.956. The Morgan fingerprint density at radius 3 is 2.67 bits per heavy atom. The van der Waals surface area contributed by atoms with Crippen molar-refractivity contribution in [3.63, 3.8) is 0 Å². The summed E-state index contributed by atoms with van der Waals surface area (Å²) in [5.74, 6) is 0. The lowest BCUT2D eigenvalue weighted by Crippen LogP contribution is -2.02. The van der Waals surface area contributed by atoms with Gasteiger partial charge in [-0.2, -0.15) is 5.10 Å². The van der Waals surface area contributed by atoms with Crippen LogP contribution in [0.3, 0.4) is 0 Å². The maximum absolute atomic E-state index is 5.41. The summed E-state index contributed by atoms with van der Waals surface area (Å²) in [6, 6.07) is 0.446. The third-order valence-corrected chi connectivity index (χ3v) is 1.62. The largest absolute Gasteiger partial charge is 0.330 e. The Hall–Kier alpha value is -0.540. The first-order valence-electron chi connectivity index (χ1n) is 3.97. The average Bonchev–Trinajstić information content (AvgIpc) is 2.37. The molecular weight excluding hydrogens is 174 g/mol. The molecule has 0 spiro atoms. The molecule has 1 aromatic heterocycles. The number of rotatable bonds is 3. The predicted molar refractivity (Wildman–Crippen MR) is 52.6 cm³/mol. The molecule has 1 heterocycles. The van der Waals surface area contributed by atoms with Gasteiger partial charge in [-0.15, -0.1) is 12.4 Å². The van der Waals surface area contributed by atoms with Crippen molar-refractivity contribution in [2.24, 2.45) is 5.73 Å². The standard InChI is InChI=1S/C8H15N3.ClH/c1-7(2)11-6-8(3-4-9)5-10-11;/h5-7H,3-4,9H2,1-2H3;1H. The molecule has 1 rings (SSSR count). The van der Waals surface area contributed by atoms with Gasteiger partial charge in [-0.1, -0.05) is 0 Å². The van der Waals surface area contributed by atoms with Crippen LogP contribution >= 0.6 is 12.4 Å². The summed E-state index contributed by atoms with van der Waals surface area (Å²) in [6.07, 6.45) is 4.86. The highest BCUT2D eigenvalue weighted by Crippen LogP contribution is 2.04. The molecule has 0 radical (unpaired) electrons. The molecule has 0 unspecified atom stereocenters. The van der Waals surface area contributed by atoms with Gasteiger partial charge in [0.25, 0.3) is 0 Å². The zero-order valence-corrected chi connectivity index (χ0v) is 8.34. The van der Waals surface area contributed by atoms with Gasteiger partial charge in [0.1, 0.15) is 0 Å². The quantitative estimate of drug-likeness (QED) is 0.781. The number of aromatic nitrogens is 2. The average molecular weight is 190 g/mol. The maximum atomic E-state index is 5.41. The lowest BCUT2D eigenvalue weighted by molar-refractivity contribution is 0.532. The van der Waals surface area contributed by atoms with Gasteiger partial charge in [0.05, 0.1) is 6.20 Å². The summed E-state index contributed by atoms with van der Waals surface area (Å²) in [7, 11) is 0. The van der Waals surface area contributed by atoms with Crippen LogP contribution in [-0.2, 0) is 6.42 Å². The number of hydrogen-bond acceptors (Lipinski definition) is 2. The summed E-state index contributed by atoms with van der Waals surface area (Å²) in [5.41, 5.74) is 6.63. The molecule has 1 aromatic rings. The molecule has 0 aliphatic carbocycles. The second-order valence-corrected chi connectivity index (χ2v) is 2.96. The fourth-order valence-electron chi connectivity index (χ4n) is 0.956. The normalized spacial score (nSPS) is 10.0. The molecule has 0 aromatic carbocycles.